The van der Waals surface area contributed by atoms with Crippen LogP contribution in [0.3, 0.4) is 0 Å². The van der Waals surface area contributed by atoms with Crippen LogP contribution in [-0.2, 0) is 27.7 Å². The molecule has 5 nitrogen and oxygen atoms in total. The van der Waals surface area contributed by atoms with E-state index in [-0.39, 0.29) is 16.7 Å². The Bertz CT molecular complexity index is 932. The summed E-state index contributed by atoms with van der Waals surface area (Å²) >= 11 is 1.45. The van der Waals surface area contributed by atoms with Crippen LogP contribution < -0.4 is 10.0 Å². The Balaban J connectivity index is 2.45. The maximum Gasteiger partial charge on any atom is 0.261 e. The highest BCUT2D eigenvalue weighted by Gasteiger charge is 2.20. The lowest BCUT2D eigenvalue weighted by Crippen LogP contribution is -2.19. The molecule has 0 aliphatic heterocycles. The van der Waals surface area contributed by atoms with Crippen LogP contribution in [-0.4, -0.2) is 20.6 Å². The zero-order valence-electron chi connectivity index (χ0n) is 17.0. The maximum absolute atomic E-state index is 13.1. The van der Waals surface area contributed by atoms with Crippen molar-refractivity contribution in [3.8, 4) is 0 Å². The number of nitrogens with one attached hydrogen (secondary N) is 2. The molecule has 0 aromatic heterocycles. The van der Waals surface area contributed by atoms with Gasteiger partial charge in [-0.25, -0.2) is 8.42 Å². The third kappa shape index (κ3) is 5.08. The summed E-state index contributed by atoms with van der Waals surface area (Å²) in [4.78, 5) is 13.1. The van der Waals surface area contributed by atoms with E-state index >= 15 is 0 Å². The number of carbonyl (C=O) groups is 1. The van der Waals surface area contributed by atoms with Crippen LogP contribution in [0.5, 0.6) is 0 Å². The molecular weight excluding hydrogens is 392 g/mol. The Morgan fingerprint density at radius 1 is 1.07 bits per heavy atom. The van der Waals surface area contributed by atoms with Gasteiger partial charge in [0, 0.05) is 10.8 Å². The molecule has 0 radical (unpaired) electrons. The molecule has 0 bridgehead atoms. The van der Waals surface area contributed by atoms with E-state index in [2.05, 4.69) is 10.0 Å². The minimum atomic E-state index is -3.79. The number of hydrogen-bond donors (Lipinski definition) is 2. The number of anilines is 2. The lowest BCUT2D eigenvalue weighted by atomic mass is 10.0. The average molecular weight is 421 g/mol. The van der Waals surface area contributed by atoms with Gasteiger partial charge >= 0.3 is 0 Å². The summed E-state index contributed by atoms with van der Waals surface area (Å²) in [5.74, 6) is -0.348. The lowest BCUT2D eigenvalue weighted by molar-refractivity contribution is -0.118. The Morgan fingerprint density at radius 2 is 1.68 bits per heavy atom. The molecule has 0 aliphatic carbocycles. The van der Waals surface area contributed by atoms with Crippen molar-refractivity contribution in [1.29, 1.82) is 0 Å². The van der Waals surface area contributed by atoms with E-state index < -0.39 is 10.0 Å². The van der Waals surface area contributed by atoms with Gasteiger partial charge in [-0.2, -0.15) is 0 Å². The molecule has 2 N–H and O–H groups in total. The fourth-order valence-electron chi connectivity index (χ4n) is 2.80. The lowest BCUT2D eigenvalue weighted by Gasteiger charge is -2.17. The summed E-state index contributed by atoms with van der Waals surface area (Å²) in [6, 6.07) is 10.6. The molecular formula is C21H28N2O3S2. The van der Waals surface area contributed by atoms with E-state index in [1.807, 2.05) is 38.3 Å². The highest BCUT2D eigenvalue weighted by atomic mass is 32.2. The van der Waals surface area contributed by atoms with Crippen molar-refractivity contribution in [2.75, 3.05) is 16.3 Å². The van der Waals surface area contributed by atoms with Gasteiger partial charge in [0.2, 0.25) is 5.91 Å². The average Bonchev–Trinajstić information content (AvgIpc) is 2.67. The van der Waals surface area contributed by atoms with Gasteiger partial charge in [0.05, 0.1) is 16.3 Å². The predicted octanol–water partition coefficient (Wildman–Crippen LogP) is 4.93. The highest BCUT2D eigenvalue weighted by Crippen LogP contribution is 2.31. The molecule has 0 unspecified atom stereocenters. The number of para-hydroxylation sites is 1. The quantitative estimate of drug-likeness (QED) is 0.594. The number of hydrogen-bond acceptors (Lipinski definition) is 4. The van der Waals surface area contributed by atoms with Gasteiger partial charge in [-0.15, -0.1) is 11.8 Å². The van der Waals surface area contributed by atoms with Crippen molar-refractivity contribution in [1.82, 2.24) is 0 Å². The van der Waals surface area contributed by atoms with E-state index in [4.69, 9.17) is 0 Å². The van der Waals surface area contributed by atoms with Crippen molar-refractivity contribution < 1.29 is 13.2 Å². The van der Waals surface area contributed by atoms with Crippen molar-refractivity contribution in [3.63, 3.8) is 0 Å². The first-order valence-corrected chi connectivity index (χ1v) is 12.1. The Kier molecular flexibility index (Phi) is 7.55. The normalized spacial score (nSPS) is 11.5. The SMILES string of the molecule is CCc1cccc(CC)c1NS(=O)(=O)c1ccc(SC)c(NC(=O)C(C)C)c1. The molecule has 0 aliphatic rings. The van der Waals surface area contributed by atoms with Gasteiger partial charge in [-0.3, -0.25) is 9.52 Å². The summed E-state index contributed by atoms with van der Waals surface area (Å²) in [7, 11) is -3.79. The van der Waals surface area contributed by atoms with E-state index in [1.165, 1.54) is 17.8 Å². The van der Waals surface area contributed by atoms with Gasteiger partial charge in [0.1, 0.15) is 0 Å². The molecule has 0 spiro atoms. The standard InChI is InChI=1S/C21H28N2O3S2/c1-6-15-9-8-10-16(7-2)20(15)23-28(25,26)17-11-12-19(27-5)18(13-17)22-21(24)14(3)4/h8-14,23H,6-7H2,1-5H3,(H,22,24). The topological polar surface area (TPSA) is 75.3 Å². The summed E-state index contributed by atoms with van der Waals surface area (Å²) < 4.78 is 28.9. The van der Waals surface area contributed by atoms with Gasteiger partial charge in [0.25, 0.3) is 10.0 Å². The number of rotatable bonds is 8. The minimum absolute atomic E-state index is 0.123. The zero-order valence-corrected chi connectivity index (χ0v) is 18.6. The number of amides is 1. The smallest absolute Gasteiger partial charge is 0.261 e. The molecule has 2 rings (SSSR count). The van der Waals surface area contributed by atoms with Gasteiger partial charge in [0.15, 0.2) is 0 Å². The first-order chi connectivity index (χ1) is 13.2. The molecule has 2 aromatic carbocycles. The van der Waals surface area contributed by atoms with Crippen LogP contribution in [0.2, 0.25) is 0 Å². The third-order valence-electron chi connectivity index (χ3n) is 4.50. The fourth-order valence-corrected chi connectivity index (χ4v) is 4.50. The Labute approximate surface area is 172 Å². The molecule has 0 atom stereocenters. The molecule has 2 aromatic rings. The van der Waals surface area contributed by atoms with Gasteiger partial charge in [-0.05, 0) is 48.4 Å². The Hall–Kier alpha value is -1.99. The summed E-state index contributed by atoms with van der Waals surface area (Å²) in [5.41, 5.74) is 3.07. The van der Waals surface area contributed by atoms with Gasteiger partial charge in [-0.1, -0.05) is 45.9 Å². The highest BCUT2D eigenvalue weighted by molar-refractivity contribution is 7.98. The van der Waals surface area contributed by atoms with Crippen LogP contribution in [0.1, 0.15) is 38.8 Å². The van der Waals surface area contributed by atoms with E-state index in [1.54, 1.807) is 26.0 Å². The van der Waals surface area contributed by atoms with E-state index in [0.29, 0.717) is 11.4 Å². The molecule has 0 saturated heterocycles. The molecule has 0 fully saturated rings. The molecule has 1 amide bonds. The van der Waals surface area contributed by atoms with Crippen molar-refractivity contribution in [2.45, 2.75) is 50.3 Å². The largest absolute Gasteiger partial charge is 0.325 e. The second-order valence-corrected chi connectivity index (χ2v) is 9.30. The molecule has 28 heavy (non-hydrogen) atoms. The van der Waals surface area contributed by atoms with Gasteiger partial charge < -0.3 is 5.32 Å². The number of carbonyl (C=O) groups excluding carboxylic acids is 1. The number of aryl methyl sites for hydroxylation is 2. The maximum atomic E-state index is 13.1. The predicted molar refractivity (Wildman–Crippen MR) is 118 cm³/mol. The molecule has 7 heteroatoms. The molecule has 0 saturated carbocycles. The van der Waals surface area contributed by atoms with E-state index in [0.717, 1.165) is 28.9 Å². The minimum Gasteiger partial charge on any atom is -0.325 e. The van der Waals surface area contributed by atoms with E-state index in [9.17, 15) is 13.2 Å². The van der Waals surface area contributed by atoms with Crippen LogP contribution in [0.15, 0.2) is 46.2 Å². The summed E-state index contributed by atoms with van der Waals surface area (Å²) in [6.07, 6.45) is 3.34. The number of sulfonamides is 1. The van der Waals surface area contributed by atoms with Crippen molar-refractivity contribution in [2.24, 2.45) is 5.92 Å². The molecule has 152 valence electrons. The Morgan fingerprint density at radius 3 is 2.18 bits per heavy atom. The summed E-state index contributed by atoms with van der Waals surface area (Å²) in [6.45, 7) is 7.59. The first-order valence-electron chi connectivity index (χ1n) is 9.35. The third-order valence-corrected chi connectivity index (χ3v) is 6.64. The monoisotopic (exact) mass is 420 g/mol. The second kappa shape index (κ2) is 9.47. The van der Waals surface area contributed by atoms with Crippen LogP contribution >= 0.6 is 11.8 Å². The number of benzene rings is 2. The van der Waals surface area contributed by atoms with Crippen LogP contribution in [0.4, 0.5) is 11.4 Å². The van der Waals surface area contributed by atoms with Crippen LogP contribution in [0, 0.1) is 5.92 Å². The molecule has 0 heterocycles. The first kappa shape index (κ1) is 22.3. The van der Waals surface area contributed by atoms with Crippen LogP contribution in [0.25, 0.3) is 0 Å². The second-order valence-electron chi connectivity index (χ2n) is 6.77. The van der Waals surface area contributed by atoms with Crippen molar-refractivity contribution in [3.05, 3.63) is 47.5 Å². The summed E-state index contributed by atoms with van der Waals surface area (Å²) in [5, 5.41) is 2.83. The fraction of sp³-hybridized carbons (Fsp3) is 0.381. The number of thioether (sulfide) groups is 1. The zero-order chi connectivity index (χ0) is 20.9. The van der Waals surface area contributed by atoms with Crippen molar-refractivity contribution >= 4 is 39.1 Å².